The van der Waals surface area contributed by atoms with E-state index in [9.17, 15) is 0 Å². The van der Waals surface area contributed by atoms with E-state index in [1.165, 1.54) is 5.39 Å². The minimum absolute atomic E-state index is 0.553. The number of thiol groups is 1. The Bertz CT molecular complexity index is 1040. The number of ether oxygens (including phenoxy) is 1. The predicted octanol–water partition coefficient (Wildman–Crippen LogP) is 4.38. The zero-order chi connectivity index (χ0) is 16.0. The summed E-state index contributed by atoms with van der Waals surface area (Å²) in [6.07, 6.45) is 0. The normalized spacial score (nSPS) is 11.3. The van der Waals surface area contributed by atoms with Gasteiger partial charge in [0.15, 0.2) is 5.65 Å². The maximum absolute atomic E-state index is 5.16. The van der Waals surface area contributed by atoms with Gasteiger partial charge < -0.3 is 9.72 Å². The molecule has 4 rings (SSSR count). The van der Waals surface area contributed by atoms with Crippen LogP contribution in [0.25, 0.3) is 33.3 Å². The van der Waals surface area contributed by atoms with Crippen molar-refractivity contribution in [3.63, 3.8) is 0 Å². The molecule has 0 aliphatic rings. The molecule has 5 heteroatoms. The molecule has 0 saturated heterocycles. The van der Waals surface area contributed by atoms with Crippen LogP contribution in [0.4, 0.5) is 0 Å². The van der Waals surface area contributed by atoms with Gasteiger partial charge in [0.25, 0.3) is 0 Å². The Morgan fingerprint density at radius 2 is 1.91 bits per heavy atom. The summed E-state index contributed by atoms with van der Waals surface area (Å²) in [5.74, 6) is 1.32. The summed E-state index contributed by atoms with van der Waals surface area (Å²) in [7, 11) is 1.60. The smallest absolute Gasteiger partial charge is 0.215 e. The third-order valence-electron chi connectivity index (χ3n) is 3.99. The lowest BCUT2D eigenvalue weighted by atomic mass is 10.0. The highest BCUT2D eigenvalue weighted by Crippen LogP contribution is 2.35. The Hall–Kier alpha value is -2.53. The number of hydrogen-bond acceptors (Lipinski definition) is 4. The number of nitrogens with one attached hydrogen (secondary N) is 1. The predicted molar refractivity (Wildman–Crippen MR) is 95.4 cm³/mol. The monoisotopic (exact) mass is 321 g/mol. The highest BCUT2D eigenvalue weighted by atomic mass is 32.1. The number of methoxy groups -OCH3 is 1. The van der Waals surface area contributed by atoms with Gasteiger partial charge in [-0.1, -0.05) is 30.3 Å². The lowest BCUT2D eigenvalue weighted by molar-refractivity contribution is 0.399. The molecule has 0 radical (unpaired) electrons. The standard InChI is InChI=1S/C18H15N3OS/c1-10-9-11-5-3-4-6-12(11)16(23)15(10)18-19-13-7-8-14(22-2)20-17(13)21-18/h3-9,23H,1-2H3,(H,19,20,21). The van der Waals surface area contributed by atoms with Crippen LogP contribution < -0.4 is 4.74 Å². The molecule has 0 aliphatic heterocycles. The number of aryl methyl sites for hydroxylation is 1. The van der Waals surface area contributed by atoms with E-state index in [1.54, 1.807) is 7.11 Å². The van der Waals surface area contributed by atoms with E-state index >= 15 is 0 Å². The number of fused-ring (bicyclic) bond motifs is 2. The van der Waals surface area contributed by atoms with Crippen LogP contribution in [0.15, 0.2) is 47.4 Å². The van der Waals surface area contributed by atoms with Gasteiger partial charge in [-0.05, 0) is 29.3 Å². The molecule has 0 atom stereocenters. The molecule has 114 valence electrons. The van der Waals surface area contributed by atoms with Crippen molar-refractivity contribution in [3.05, 3.63) is 48.0 Å². The molecule has 2 aromatic carbocycles. The average Bonchev–Trinajstić information content (AvgIpc) is 2.97. The van der Waals surface area contributed by atoms with Crippen LogP contribution in [-0.2, 0) is 0 Å². The number of pyridine rings is 1. The SMILES string of the molecule is COc1ccc2[nH]c(-c3c(C)cc4ccccc4c3S)nc2n1. The second-order valence-electron chi connectivity index (χ2n) is 5.45. The van der Waals surface area contributed by atoms with E-state index in [1.807, 2.05) is 24.3 Å². The second kappa shape index (κ2) is 5.28. The molecular formula is C18H15N3OS. The summed E-state index contributed by atoms with van der Waals surface area (Å²) in [6, 6.07) is 14.1. The molecular weight excluding hydrogens is 306 g/mol. The minimum atomic E-state index is 0.553. The van der Waals surface area contributed by atoms with Crippen LogP contribution in [0, 0.1) is 6.92 Å². The molecule has 0 bridgehead atoms. The molecule has 0 unspecified atom stereocenters. The molecule has 2 heterocycles. The minimum Gasteiger partial charge on any atom is -0.481 e. The molecule has 0 amide bonds. The number of imidazole rings is 1. The first kappa shape index (κ1) is 14.1. The fraction of sp³-hybridized carbons (Fsp3) is 0.111. The number of aromatic amines is 1. The number of aromatic nitrogens is 3. The molecule has 0 saturated carbocycles. The van der Waals surface area contributed by atoms with Gasteiger partial charge in [0.2, 0.25) is 5.88 Å². The Labute approximate surface area is 138 Å². The van der Waals surface area contributed by atoms with Crippen LogP contribution >= 0.6 is 12.6 Å². The van der Waals surface area contributed by atoms with Crippen molar-refractivity contribution in [2.75, 3.05) is 7.11 Å². The van der Waals surface area contributed by atoms with E-state index in [0.717, 1.165) is 32.7 Å². The zero-order valence-corrected chi connectivity index (χ0v) is 13.7. The van der Waals surface area contributed by atoms with Crippen LogP contribution in [0.5, 0.6) is 5.88 Å². The lowest BCUT2D eigenvalue weighted by Gasteiger charge is -2.10. The first-order valence-corrected chi connectivity index (χ1v) is 7.74. The molecule has 0 spiro atoms. The maximum Gasteiger partial charge on any atom is 0.215 e. The van der Waals surface area contributed by atoms with E-state index in [0.29, 0.717) is 11.5 Å². The van der Waals surface area contributed by atoms with Crippen molar-refractivity contribution in [2.45, 2.75) is 11.8 Å². The summed E-state index contributed by atoms with van der Waals surface area (Å²) >= 11 is 4.76. The third-order valence-corrected chi connectivity index (χ3v) is 4.45. The highest BCUT2D eigenvalue weighted by Gasteiger charge is 2.15. The van der Waals surface area contributed by atoms with Crippen LogP contribution in [-0.4, -0.2) is 22.1 Å². The van der Waals surface area contributed by atoms with Crippen molar-refractivity contribution < 1.29 is 4.74 Å². The molecule has 0 aliphatic carbocycles. The van der Waals surface area contributed by atoms with E-state index in [-0.39, 0.29) is 0 Å². The fourth-order valence-electron chi connectivity index (χ4n) is 2.87. The van der Waals surface area contributed by atoms with E-state index in [2.05, 4.69) is 40.1 Å². The maximum atomic E-state index is 5.16. The van der Waals surface area contributed by atoms with Crippen LogP contribution in [0.2, 0.25) is 0 Å². The Morgan fingerprint density at radius 3 is 2.74 bits per heavy atom. The van der Waals surface area contributed by atoms with Gasteiger partial charge in [0.05, 0.1) is 12.6 Å². The summed E-state index contributed by atoms with van der Waals surface area (Å²) in [5, 5.41) is 2.29. The summed E-state index contributed by atoms with van der Waals surface area (Å²) in [6.45, 7) is 2.07. The van der Waals surface area contributed by atoms with Crippen molar-refractivity contribution in [1.82, 2.24) is 15.0 Å². The van der Waals surface area contributed by atoms with Gasteiger partial charge in [0, 0.05) is 16.5 Å². The number of H-pyrrole nitrogens is 1. The number of hydrogen-bond donors (Lipinski definition) is 2. The Balaban J connectivity index is 1.98. The highest BCUT2D eigenvalue weighted by molar-refractivity contribution is 7.80. The topological polar surface area (TPSA) is 50.8 Å². The lowest BCUT2D eigenvalue weighted by Crippen LogP contribution is -1.90. The Kier molecular flexibility index (Phi) is 3.23. The summed E-state index contributed by atoms with van der Waals surface area (Å²) in [5.41, 5.74) is 3.64. The van der Waals surface area contributed by atoms with Gasteiger partial charge in [-0.2, -0.15) is 4.98 Å². The molecule has 1 N–H and O–H groups in total. The number of benzene rings is 2. The van der Waals surface area contributed by atoms with Gasteiger partial charge in [-0.15, -0.1) is 12.6 Å². The second-order valence-corrected chi connectivity index (χ2v) is 5.90. The third kappa shape index (κ3) is 2.24. The summed E-state index contributed by atoms with van der Waals surface area (Å²) in [4.78, 5) is 13.3. The molecule has 2 aromatic heterocycles. The van der Waals surface area contributed by atoms with Gasteiger partial charge in [-0.3, -0.25) is 0 Å². The zero-order valence-electron chi connectivity index (χ0n) is 12.8. The molecule has 4 aromatic rings. The van der Waals surface area contributed by atoms with Crippen molar-refractivity contribution in [3.8, 4) is 17.3 Å². The van der Waals surface area contributed by atoms with E-state index in [4.69, 9.17) is 17.4 Å². The van der Waals surface area contributed by atoms with E-state index < -0.39 is 0 Å². The van der Waals surface area contributed by atoms with Crippen molar-refractivity contribution in [1.29, 1.82) is 0 Å². The number of nitrogens with zero attached hydrogens (tertiary/aromatic N) is 2. The van der Waals surface area contributed by atoms with Gasteiger partial charge >= 0.3 is 0 Å². The van der Waals surface area contributed by atoms with Crippen molar-refractivity contribution in [2.24, 2.45) is 0 Å². The quantitative estimate of drug-likeness (QED) is 0.539. The molecule has 23 heavy (non-hydrogen) atoms. The van der Waals surface area contributed by atoms with Crippen LogP contribution in [0.3, 0.4) is 0 Å². The van der Waals surface area contributed by atoms with Gasteiger partial charge in [0.1, 0.15) is 5.82 Å². The fourth-order valence-corrected chi connectivity index (χ4v) is 3.36. The summed E-state index contributed by atoms with van der Waals surface area (Å²) < 4.78 is 5.16. The average molecular weight is 321 g/mol. The van der Waals surface area contributed by atoms with Crippen molar-refractivity contribution >= 4 is 34.6 Å². The van der Waals surface area contributed by atoms with Crippen LogP contribution in [0.1, 0.15) is 5.56 Å². The van der Waals surface area contributed by atoms with Gasteiger partial charge in [-0.25, -0.2) is 4.98 Å². The largest absolute Gasteiger partial charge is 0.481 e. The number of rotatable bonds is 2. The first-order valence-electron chi connectivity index (χ1n) is 7.30. The Morgan fingerprint density at radius 1 is 1.09 bits per heavy atom. The molecule has 0 fully saturated rings. The first-order chi connectivity index (χ1) is 11.2. The molecule has 4 nitrogen and oxygen atoms in total.